The average Bonchev–Trinajstić information content (AvgIpc) is 2.41. The van der Waals surface area contributed by atoms with Crippen molar-refractivity contribution in [1.82, 2.24) is 0 Å². The third kappa shape index (κ3) is 8.12. The SMILES string of the molecule is O=C(O)CCSCc1ccc(CSCCC(=O)O)cc1. The van der Waals surface area contributed by atoms with Crippen LogP contribution in [0.15, 0.2) is 24.3 Å². The van der Waals surface area contributed by atoms with E-state index in [1.165, 1.54) is 11.1 Å². The molecule has 110 valence electrons. The second-order valence-electron chi connectivity index (χ2n) is 4.21. The summed E-state index contributed by atoms with van der Waals surface area (Å²) in [4.78, 5) is 20.7. The van der Waals surface area contributed by atoms with Gasteiger partial charge in [0.1, 0.15) is 0 Å². The van der Waals surface area contributed by atoms with Crippen LogP contribution in [0.2, 0.25) is 0 Å². The average molecular weight is 314 g/mol. The van der Waals surface area contributed by atoms with Crippen molar-refractivity contribution in [2.75, 3.05) is 11.5 Å². The molecule has 0 aromatic heterocycles. The summed E-state index contributed by atoms with van der Waals surface area (Å²) in [6, 6.07) is 8.17. The molecule has 0 bridgehead atoms. The van der Waals surface area contributed by atoms with Gasteiger partial charge in [0.2, 0.25) is 0 Å². The number of hydrogen-bond donors (Lipinski definition) is 2. The second kappa shape index (κ2) is 9.72. The lowest BCUT2D eigenvalue weighted by molar-refractivity contribution is -0.137. The van der Waals surface area contributed by atoms with E-state index in [1.807, 2.05) is 24.3 Å². The second-order valence-corrected chi connectivity index (χ2v) is 6.42. The quantitative estimate of drug-likeness (QED) is 0.646. The topological polar surface area (TPSA) is 74.6 Å². The first-order chi connectivity index (χ1) is 9.58. The number of carboxylic acid groups (broad SMARTS) is 2. The molecule has 6 heteroatoms. The number of benzene rings is 1. The van der Waals surface area contributed by atoms with Crippen LogP contribution in [0, 0.1) is 0 Å². The molecule has 0 aliphatic heterocycles. The first-order valence-electron chi connectivity index (χ1n) is 6.25. The van der Waals surface area contributed by atoms with Crippen LogP contribution in [-0.2, 0) is 21.1 Å². The van der Waals surface area contributed by atoms with Gasteiger partial charge in [-0.2, -0.15) is 23.5 Å². The Balaban J connectivity index is 2.22. The van der Waals surface area contributed by atoms with Crippen LogP contribution in [0.4, 0.5) is 0 Å². The highest BCUT2D eigenvalue weighted by molar-refractivity contribution is 7.98. The predicted molar refractivity (Wildman–Crippen MR) is 83.3 cm³/mol. The summed E-state index contributed by atoms with van der Waals surface area (Å²) in [5.74, 6) is 1.38. The number of carbonyl (C=O) groups is 2. The summed E-state index contributed by atoms with van der Waals surface area (Å²) in [5, 5.41) is 17.1. The Morgan fingerprint density at radius 2 is 1.15 bits per heavy atom. The Bertz CT molecular complexity index is 390. The van der Waals surface area contributed by atoms with Crippen molar-refractivity contribution in [3.8, 4) is 0 Å². The largest absolute Gasteiger partial charge is 0.481 e. The zero-order chi connectivity index (χ0) is 14.8. The predicted octanol–water partition coefficient (Wildman–Crippen LogP) is 3.10. The molecule has 1 aromatic carbocycles. The van der Waals surface area contributed by atoms with Crippen LogP contribution in [0.3, 0.4) is 0 Å². The van der Waals surface area contributed by atoms with Crippen LogP contribution in [0.25, 0.3) is 0 Å². The van der Waals surface area contributed by atoms with Crippen LogP contribution in [0.5, 0.6) is 0 Å². The smallest absolute Gasteiger partial charge is 0.304 e. The summed E-state index contributed by atoms with van der Waals surface area (Å²) in [6.45, 7) is 0. The van der Waals surface area contributed by atoms with E-state index in [9.17, 15) is 9.59 Å². The molecule has 1 aromatic rings. The minimum absolute atomic E-state index is 0.197. The van der Waals surface area contributed by atoms with Gasteiger partial charge in [0.25, 0.3) is 0 Å². The van der Waals surface area contributed by atoms with Crippen molar-refractivity contribution in [2.24, 2.45) is 0 Å². The van der Waals surface area contributed by atoms with Crippen molar-refractivity contribution in [3.63, 3.8) is 0 Å². The summed E-state index contributed by atoms with van der Waals surface area (Å²) in [5.41, 5.74) is 2.36. The fourth-order valence-electron chi connectivity index (χ4n) is 1.43. The van der Waals surface area contributed by atoms with Gasteiger partial charge in [-0.1, -0.05) is 24.3 Å². The molecule has 20 heavy (non-hydrogen) atoms. The maximum Gasteiger partial charge on any atom is 0.304 e. The van der Waals surface area contributed by atoms with Crippen molar-refractivity contribution in [2.45, 2.75) is 24.3 Å². The lowest BCUT2D eigenvalue weighted by atomic mass is 10.2. The Morgan fingerprint density at radius 3 is 1.45 bits per heavy atom. The van der Waals surface area contributed by atoms with Gasteiger partial charge in [-0.05, 0) is 11.1 Å². The minimum Gasteiger partial charge on any atom is -0.481 e. The van der Waals surface area contributed by atoms with E-state index in [4.69, 9.17) is 10.2 Å². The molecular formula is C14H18O4S2. The molecule has 0 aliphatic rings. The van der Waals surface area contributed by atoms with E-state index in [2.05, 4.69) is 0 Å². The number of hydrogen-bond acceptors (Lipinski definition) is 4. The number of rotatable bonds is 10. The van der Waals surface area contributed by atoms with Gasteiger partial charge < -0.3 is 10.2 Å². The zero-order valence-corrected chi connectivity index (χ0v) is 12.7. The highest BCUT2D eigenvalue weighted by atomic mass is 32.2. The van der Waals surface area contributed by atoms with Gasteiger partial charge in [-0.15, -0.1) is 0 Å². The van der Waals surface area contributed by atoms with Gasteiger partial charge in [0, 0.05) is 23.0 Å². The first kappa shape index (κ1) is 16.9. The van der Waals surface area contributed by atoms with E-state index in [0.717, 1.165) is 11.5 Å². The van der Waals surface area contributed by atoms with Gasteiger partial charge in [-0.25, -0.2) is 0 Å². The number of carboxylic acids is 2. The summed E-state index contributed by atoms with van der Waals surface area (Å²) in [7, 11) is 0. The molecule has 0 radical (unpaired) electrons. The van der Waals surface area contributed by atoms with Crippen LogP contribution in [0.1, 0.15) is 24.0 Å². The zero-order valence-electron chi connectivity index (χ0n) is 11.1. The number of thioether (sulfide) groups is 2. The molecule has 0 unspecified atom stereocenters. The lowest BCUT2D eigenvalue weighted by Crippen LogP contribution is -1.96. The van der Waals surface area contributed by atoms with E-state index in [1.54, 1.807) is 23.5 Å². The molecule has 0 saturated carbocycles. The van der Waals surface area contributed by atoms with Crippen molar-refractivity contribution < 1.29 is 19.8 Å². The monoisotopic (exact) mass is 314 g/mol. The molecule has 0 heterocycles. The Hall–Kier alpha value is -1.14. The number of aliphatic carboxylic acids is 2. The van der Waals surface area contributed by atoms with Crippen molar-refractivity contribution in [3.05, 3.63) is 35.4 Å². The van der Waals surface area contributed by atoms with Gasteiger partial charge >= 0.3 is 11.9 Å². The Kier molecular flexibility index (Phi) is 8.22. The maximum absolute atomic E-state index is 10.4. The van der Waals surface area contributed by atoms with Gasteiger partial charge in [0.15, 0.2) is 0 Å². The van der Waals surface area contributed by atoms with Gasteiger partial charge in [0.05, 0.1) is 12.8 Å². The van der Waals surface area contributed by atoms with Gasteiger partial charge in [-0.3, -0.25) is 9.59 Å². The first-order valence-corrected chi connectivity index (χ1v) is 8.56. The molecule has 0 amide bonds. The Morgan fingerprint density at radius 1 is 0.800 bits per heavy atom. The van der Waals surface area contributed by atoms with Crippen molar-refractivity contribution >= 4 is 35.5 Å². The molecule has 0 saturated heterocycles. The summed E-state index contributed by atoms with van der Waals surface area (Å²) >= 11 is 3.23. The molecule has 0 atom stereocenters. The third-order valence-electron chi connectivity index (χ3n) is 2.48. The lowest BCUT2D eigenvalue weighted by Gasteiger charge is -2.04. The van der Waals surface area contributed by atoms with Crippen LogP contribution in [-0.4, -0.2) is 33.7 Å². The molecular weight excluding hydrogens is 296 g/mol. The molecule has 4 nitrogen and oxygen atoms in total. The van der Waals surface area contributed by atoms with Crippen LogP contribution >= 0.6 is 23.5 Å². The fraction of sp³-hybridized carbons (Fsp3) is 0.429. The highest BCUT2D eigenvalue weighted by Gasteiger charge is 2.00. The van der Waals surface area contributed by atoms with E-state index in [0.29, 0.717) is 11.5 Å². The maximum atomic E-state index is 10.4. The molecule has 2 N–H and O–H groups in total. The van der Waals surface area contributed by atoms with Crippen molar-refractivity contribution in [1.29, 1.82) is 0 Å². The van der Waals surface area contributed by atoms with E-state index >= 15 is 0 Å². The van der Waals surface area contributed by atoms with E-state index < -0.39 is 11.9 Å². The molecule has 1 rings (SSSR count). The highest BCUT2D eigenvalue weighted by Crippen LogP contribution is 2.17. The van der Waals surface area contributed by atoms with E-state index in [-0.39, 0.29) is 12.8 Å². The Labute approximate surface area is 127 Å². The summed E-state index contributed by atoms with van der Waals surface area (Å²) in [6.07, 6.45) is 0.395. The third-order valence-corrected chi connectivity index (χ3v) is 4.54. The standard InChI is InChI=1S/C14H18O4S2/c15-13(16)5-7-19-9-11-1-2-12(4-3-11)10-20-8-6-14(17)18/h1-4H,5-10H2,(H,15,16)(H,17,18). The molecule has 0 fully saturated rings. The fourth-order valence-corrected chi connectivity index (χ4v) is 3.21. The normalized spacial score (nSPS) is 10.4. The molecule has 0 aliphatic carbocycles. The minimum atomic E-state index is -0.758. The summed E-state index contributed by atoms with van der Waals surface area (Å²) < 4.78 is 0. The molecule has 0 spiro atoms. The van der Waals surface area contributed by atoms with Crippen LogP contribution < -0.4 is 0 Å².